The van der Waals surface area contributed by atoms with Crippen molar-refractivity contribution in [2.24, 2.45) is 0 Å². The molecule has 0 bridgehead atoms. The van der Waals surface area contributed by atoms with E-state index in [1.54, 1.807) is 18.3 Å². The third kappa shape index (κ3) is 3.89. The highest BCUT2D eigenvalue weighted by molar-refractivity contribution is 9.10. The lowest BCUT2D eigenvalue weighted by Gasteiger charge is -2.04. The fraction of sp³-hybridized carbons (Fsp3) is 0.167. The monoisotopic (exact) mass is 338 g/mol. The van der Waals surface area contributed by atoms with Crippen molar-refractivity contribution in [2.75, 3.05) is 5.32 Å². The van der Waals surface area contributed by atoms with E-state index in [9.17, 15) is 9.59 Å². The molecule has 0 fully saturated rings. The number of aromatic nitrogens is 3. The van der Waals surface area contributed by atoms with Gasteiger partial charge in [-0.05, 0) is 28.1 Å². The van der Waals surface area contributed by atoms with Gasteiger partial charge in [0.15, 0.2) is 0 Å². The summed E-state index contributed by atoms with van der Waals surface area (Å²) >= 11 is 3.25. The van der Waals surface area contributed by atoms with Crippen LogP contribution in [0.25, 0.3) is 0 Å². The lowest BCUT2D eigenvalue weighted by atomic mass is 10.3. The first-order chi connectivity index (χ1) is 9.54. The molecule has 0 aliphatic heterocycles. The van der Waals surface area contributed by atoms with E-state index in [1.807, 2.05) is 0 Å². The van der Waals surface area contributed by atoms with Gasteiger partial charge in [-0.15, -0.1) is 0 Å². The summed E-state index contributed by atoms with van der Waals surface area (Å²) in [5.74, 6) is -0.795. The molecule has 0 radical (unpaired) electrons. The first-order valence-corrected chi connectivity index (χ1v) is 6.51. The molecule has 20 heavy (non-hydrogen) atoms. The summed E-state index contributed by atoms with van der Waals surface area (Å²) in [6, 6.07) is 3.45. The third-order valence-corrected chi connectivity index (χ3v) is 2.91. The van der Waals surface area contributed by atoms with E-state index in [1.165, 1.54) is 17.1 Å². The second-order valence-corrected chi connectivity index (χ2v) is 4.87. The van der Waals surface area contributed by atoms with Crippen LogP contribution in [0.5, 0.6) is 0 Å². The van der Waals surface area contributed by atoms with E-state index in [-0.39, 0.29) is 17.9 Å². The number of carboxylic acids is 1. The smallest absolute Gasteiger partial charge is 0.338 e. The van der Waals surface area contributed by atoms with Gasteiger partial charge >= 0.3 is 5.97 Å². The Bertz CT molecular complexity index is 624. The quantitative estimate of drug-likeness (QED) is 0.865. The fourth-order valence-corrected chi connectivity index (χ4v) is 1.70. The molecular formula is C12H11BrN4O3. The number of anilines is 1. The van der Waals surface area contributed by atoms with E-state index in [0.717, 1.165) is 4.47 Å². The van der Waals surface area contributed by atoms with Crippen molar-refractivity contribution in [3.63, 3.8) is 0 Å². The molecule has 8 heteroatoms. The van der Waals surface area contributed by atoms with Crippen LogP contribution in [0.2, 0.25) is 0 Å². The minimum atomic E-state index is -1.04. The third-order valence-electron chi connectivity index (χ3n) is 2.44. The molecule has 0 saturated heterocycles. The van der Waals surface area contributed by atoms with Gasteiger partial charge < -0.3 is 10.4 Å². The number of halogens is 1. The minimum Gasteiger partial charge on any atom is -0.478 e. The zero-order valence-electron chi connectivity index (χ0n) is 10.3. The average Bonchev–Trinajstić information content (AvgIpc) is 2.88. The Balaban J connectivity index is 1.85. The minimum absolute atomic E-state index is 0.0972. The van der Waals surface area contributed by atoms with Crippen LogP contribution < -0.4 is 5.32 Å². The van der Waals surface area contributed by atoms with Crippen molar-refractivity contribution in [3.8, 4) is 0 Å². The molecule has 0 aromatic carbocycles. The van der Waals surface area contributed by atoms with Crippen LogP contribution in [0, 0.1) is 0 Å². The Morgan fingerprint density at radius 2 is 2.15 bits per heavy atom. The predicted molar refractivity (Wildman–Crippen MR) is 74.4 cm³/mol. The maximum Gasteiger partial charge on any atom is 0.338 e. The number of pyridine rings is 1. The highest BCUT2D eigenvalue weighted by atomic mass is 79.9. The Hall–Kier alpha value is -2.22. The number of hydrogen-bond acceptors (Lipinski definition) is 4. The van der Waals surface area contributed by atoms with Gasteiger partial charge in [-0.25, -0.2) is 9.78 Å². The molecule has 0 saturated carbocycles. The first kappa shape index (κ1) is 14.2. The van der Waals surface area contributed by atoms with Crippen molar-refractivity contribution in [2.45, 2.75) is 13.0 Å². The number of aryl methyl sites for hydroxylation is 1. The number of carbonyl (C=O) groups is 2. The molecule has 0 unspecified atom stereocenters. The number of aromatic carboxylic acids is 1. The lowest BCUT2D eigenvalue weighted by molar-refractivity contribution is -0.116. The highest BCUT2D eigenvalue weighted by Gasteiger charge is 2.08. The molecule has 2 N–H and O–H groups in total. The largest absolute Gasteiger partial charge is 0.478 e. The van der Waals surface area contributed by atoms with Crippen LogP contribution >= 0.6 is 15.9 Å². The van der Waals surface area contributed by atoms with Gasteiger partial charge in [-0.2, -0.15) is 5.10 Å². The maximum absolute atomic E-state index is 11.7. The number of amides is 1. The van der Waals surface area contributed by atoms with Crippen LogP contribution in [0.1, 0.15) is 16.8 Å². The van der Waals surface area contributed by atoms with E-state index in [0.29, 0.717) is 12.4 Å². The Morgan fingerprint density at radius 3 is 2.75 bits per heavy atom. The van der Waals surface area contributed by atoms with Crippen molar-refractivity contribution in [1.29, 1.82) is 0 Å². The van der Waals surface area contributed by atoms with Crippen LogP contribution in [0.4, 0.5) is 5.82 Å². The fourth-order valence-electron chi connectivity index (χ4n) is 1.47. The number of nitrogens with zero attached hydrogens (tertiary/aromatic N) is 3. The zero-order chi connectivity index (χ0) is 14.5. The normalized spacial score (nSPS) is 10.2. The number of rotatable bonds is 5. The van der Waals surface area contributed by atoms with Crippen molar-refractivity contribution in [3.05, 3.63) is 40.8 Å². The second-order valence-electron chi connectivity index (χ2n) is 3.96. The Kier molecular flexibility index (Phi) is 4.46. The summed E-state index contributed by atoms with van der Waals surface area (Å²) in [5.41, 5.74) is 0.0972. The Morgan fingerprint density at radius 1 is 1.35 bits per heavy atom. The molecule has 1 amide bonds. The highest BCUT2D eigenvalue weighted by Crippen LogP contribution is 2.10. The van der Waals surface area contributed by atoms with Crippen molar-refractivity contribution >= 4 is 33.6 Å². The molecular weight excluding hydrogens is 328 g/mol. The van der Waals surface area contributed by atoms with Gasteiger partial charge in [0.05, 0.1) is 11.8 Å². The van der Waals surface area contributed by atoms with Crippen molar-refractivity contribution < 1.29 is 14.7 Å². The molecule has 7 nitrogen and oxygen atoms in total. The summed E-state index contributed by atoms with van der Waals surface area (Å²) in [7, 11) is 0. The summed E-state index contributed by atoms with van der Waals surface area (Å²) < 4.78 is 2.24. The summed E-state index contributed by atoms with van der Waals surface area (Å²) in [6.07, 6.45) is 4.39. The van der Waals surface area contributed by atoms with E-state index in [2.05, 4.69) is 31.3 Å². The van der Waals surface area contributed by atoms with Gasteiger partial charge in [-0.3, -0.25) is 9.48 Å². The molecule has 0 spiro atoms. The van der Waals surface area contributed by atoms with Gasteiger partial charge in [0, 0.05) is 29.8 Å². The summed E-state index contributed by atoms with van der Waals surface area (Å²) in [6.45, 7) is 0.301. The first-order valence-electron chi connectivity index (χ1n) is 5.72. The summed E-state index contributed by atoms with van der Waals surface area (Å²) in [4.78, 5) is 26.4. The van der Waals surface area contributed by atoms with Crippen molar-refractivity contribution in [1.82, 2.24) is 14.8 Å². The number of carbonyl (C=O) groups excluding carboxylic acids is 1. The lowest BCUT2D eigenvalue weighted by Crippen LogP contribution is -2.15. The van der Waals surface area contributed by atoms with Gasteiger partial charge in [0.25, 0.3) is 0 Å². The number of hydrogen-bond donors (Lipinski definition) is 2. The van der Waals surface area contributed by atoms with Gasteiger partial charge in [0.1, 0.15) is 5.82 Å². The van der Waals surface area contributed by atoms with Gasteiger partial charge in [-0.1, -0.05) is 0 Å². The van der Waals surface area contributed by atoms with Crippen LogP contribution in [0.15, 0.2) is 35.2 Å². The van der Waals surface area contributed by atoms with Crippen LogP contribution in [0.3, 0.4) is 0 Å². The van der Waals surface area contributed by atoms with Gasteiger partial charge in [0.2, 0.25) is 5.91 Å². The molecule has 2 aromatic heterocycles. The average molecular weight is 339 g/mol. The second kappa shape index (κ2) is 6.29. The van der Waals surface area contributed by atoms with E-state index in [4.69, 9.17) is 5.11 Å². The SMILES string of the molecule is O=C(CCn1cc(C(=O)O)cn1)Nc1ccc(Br)cn1. The standard InChI is InChI=1S/C12H11BrN4O3/c13-9-1-2-10(14-6-9)16-11(18)3-4-17-7-8(5-15-17)12(19)20/h1-2,5-7H,3-4H2,(H,19,20)(H,14,16,18). The number of nitrogens with one attached hydrogen (secondary N) is 1. The molecule has 2 rings (SSSR count). The molecule has 2 heterocycles. The maximum atomic E-state index is 11.7. The topological polar surface area (TPSA) is 97.1 Å². The zero-order valence-corrected chi connectivity index (χ0v) is 11.9. The predicted octanol–water partition coefficient (Wildman–Crippen LogP) is 1.77. The Labute approximate surface area is 122 Å². The van der Waals surface area contributed by atoms with E-state index >= 15 is 0 Å². The molecule has 0 atom stereocenters. The van der Waals surface area contributed by atoms with Crippen LogP contribution in [-0.4, -0.2) is 31.7 Å². The number of carboxylic acid groups (broad SMARTS) is 1. The molecule has 0 aliphatic carbocycles. The molecule has 2 aromatic rings. The molecule has 0 aliphatic rings. The van der Waals surface area contributed by atoms with Crippen LogP contribution in [-0.2, 0) is 11.3 Å². The molecule has 104 valence electrons. The summed E-state index contributed by atoms with van der Waals surface area (Å²) in [5, 5.41) is 15.3. The van der Waals surface area contributed by atoms with E-state index < -0.39 is 5.97 Å².